The van der Waals surface area contributed by atoms with E-state index in [0.29, 0.717) is 27.8 Å². The minimum Gasteiger partial charge on any atom is -0.489 e. The number of nitrogens with one attached hydrogen (secondary N) is 1. The fourth-order valence-electron chi connectivity index (χ4n) is 3.07. The van der Waals surface area contributed by atoms with Gasteiger partial charge in [0.1, 0.15) is 28.3 Å². The minimum atomic E-state index is -0.642. The van der Waals surface area contributed by atoms with Crippen LogP contribution in [0.25, 0.3) is 6.08 Å². The highest BCUT2D eigenvalue weighted by Crippen LogP contribution is 2.41. The Bertz CT molecular complexity index is 1210. The second kappa shape index (κ2) is 9.25. The Morgan fingerprint density at radius 3 is 2.68 bits per heavy atom. The van der Waals surface area contributed by atoms with Crippen molar-refractivity contribution in [2.75, 3.05) is 0 Å². The van der Waals surface area contributed by atoms with Gasteiger partial charge in [0.2, 0.25) is 0 Å². The molecule has 1 fully saturated rings. The van der Waals surface area contributed by atoms with Crippen LogP contribution in [-0.2, 0) is 17.8 Å². The quantitative estimate of drug-likeness (QED) is 0.537. The third kappa shape index (κ3) is 4.58. The van der Waals surface area contributed by atoms with E-state index >= 15 is 0 Å². The summed E-state index contributed by atoms with van der Waals surface area (Å²) in [7, 11) is 0. The maximum Gasteiger partial charge on any atom is 0.186 e. The number of ether oxygens (including phenoxy) is 1. The van der Waals surface area contributed by atoms with Crippen LogP contribution in [0.15, 0.2) is 53.4 Å². The molecule has 0 aliphatic carbocycles. The summed E-state index contributed by atoms with van der Waals surface area (Å²) in [5, 5.41) is 27.3. The number of ketones is 1. The highest BCUT2D eigenvalue weighted by Gasteiger charge is 2.39. The number of hydrogen-bond donors (Lipinski definition) is 1. The molecule has 6 nitrogen and oxygen atoms in total. The number of carbonyl (C=O) groups is 1. The van der Waals surface area contributed by atoms with E-state index in [1.807, 2.05) is 49.4 Å². The van der Waals surface area contributed by atoms with Crippen molar-refractivity contribution in [1.82, 2.24) is 10.2 Å². The Morgan fingerprint density at radius 1 is 1.19 bits per heavy atom. The van der Waals surface area contributed by atoms with Gasteiger partial charge in [-0.3, -0.25) is 10.2 Å². The van der Waals surface area contributed by atoms with Gasteiger partial charge in [0, 0.05) is 5.56 Å². The summed E-state index contributed by atoms with van der Waals surface area (Å²) in [6.07, 6.45) is 2.55. The number of aromatic nitrogens is 2. The van der Waals surface area contributed by atoms with Gasteiger partial charge in [0.15, 0.2) is 5.78 Å². The molecule has 0 amide bonds. The molecule has 154 valence electrons. The lowest BCUT2D eigenvalue weighted by Gasteiger charge is -2.08. The van der Waals surface area contributed by atoms with Crippen molar-refractivity contribution in [2.24, 2.45) is 0 Å². The van der Waals surface area contributed by atoms with E-state index in [-0.39, 0.29) is 10.8 Å². The molecule has 1 aliphatic heterocycles. The van der Waals surface area contributed by atoms with Gasteiger partial charge in [0.05, 0.1) is 21.6 Å². The van der Waals surface area contributed by atoms with Gasteiger partial charge in [-0.2, -0.15) is 5.26 Å². The van der Waals surface area contributed by atoms with Crippen LogP contribution in [0.2, 0.25) is 0 Å². The molecule has 4 rings (SSSR count). The lowest BCUT2D eigenvalue weighted by Crippen LogP contribution is -2.11. The van der Waals surface area contributed by atoms with Gasteiger partial charge < -0.3 is 4.74 Å². The standard InChI is InChI=1S/C23H18N4O2S2/c1-2-19-26-27-23(31-19)20-21(28)18(30-22(20)25)11-14-7-9-17(10-8-14)29-13-16-6-4-3-5-15(16)12-24/h3-11,20,25H,2,13H2,1H3. The van der Waals surface area contributed by atoms with Crippen molar-refractivity contribution >= 4 is 40.0 Å². The Hall–Kier alpha value is -3.28. The second-order valence-electron chi connectivity index (χ2n) is 6.79. The zero-order valence-electron chi connectivity index (χ0n) is 16.7. The summed E-state index contributed by atoms with van der Waals surface area (Å²) in [6, 6.07) is 16.9. The zero-order valence-corrected chi connectivity index (χ0v) is 18.3. The molecule has 31 heavy (non-hydrogen) atoms. The van der Waals surface area contributed by atoms with Crippen molar-refractivity contribution in [2.45, 2.75) is 25.9 Å². The van der Waals surface area contributed by atoms with Crippen LogP contribution >= 0.6 is 23.1 Å². The molecule has 8 heteroatoms. The fraction of sp³-hybridized carbons (Fsp3) is 0.174. The van der Waals surface area contributed by atoms with Gasteiger partial charge in [-0.05, 0) is 36.3 Å². The van der Waals surface area contributed by atoms with E-state index in [4.69, 9.17) is 15.4 Å². The number of aryl methyl sites for hydroxylation is 1. The summed E-state index contributed by atoms with van der Waals surface area (Å²) in [5.74, 6) is -0.0778. The molecule has 3 aromatic rings. The van der Waals surface area contributed by atoms with Gasteiger partial charge in [-0.25, -0.2) is 0 Å². The van der Waals surface area contributed by atoms with E-state index in [1.165, 1.54) is 23.1 Å². The topological polar surface area (TPSA) is 99.7 Å². The van der Waals surface area contributed by atoms with Gasteiger partial charge in [-0.1, -0.05) is 49.0 Å². The van der Waals surface area contributed by atoms with E-state index in [9.17, 15) is 4.79 Å². The van der Waals surface area contributed by atoms with Crippen LogP contribution in [-0.4, -0.2) is 21.0 Å². The maximum atomic E-state index is 12.9. The van der Waals surface area contributed by atoms with Crippen LogP contribution in [0.3, 0.4) is 0 Å². The Morgan fingerprint density at radius 2 is 1.97 bits per heavy atom. The average Bonchev–Trinajstić information content (AvgIpc) is 3.37. The highest BCUT2D eigenvalue weighted by atomic mass is 32.2. The molecule has 1 unspecified atom stereocenters. The Kier molecular flexibility index (Phi) is 6.26. The molecule has 0 saturated carbocycles. The Balaban J connectivity index is 1.45. The SMILES string of the molecule is CCc1nnc(C2C(=N)SC(=Cc3ccc(OCc4ccccc4C#N)cc3)C2=O)s1. The molecule has 1 atom stereocenters. The van der Waals surface area contributed by atoms with Crippen LogP contribution in [0, 0.1) is 16.7 Å². The predicted molar refractivity (Wildman–Crippen MR) is 122 cm³/mol. The largest absolute Gasteiger partial charge is 0.489 e. The predicted octanol–water partition coefficient (Wildman–Crippen LogP) is 4.97. The summed E-state index contributed by atoms with van der Waals surface area (Å²) >= 11 is 2.57. The van der Waals surface area contributed by atoms with Gasteiger partial charge in [0.25, 0.3) is 0 Å². The monoisotopic (exact) mass is 446 g/mol. The number of allylic oxidation sites excluding steroid dienone is 1. The number of hydrogen-bond acceptors (Lipinski definition) is 8. The number of thioether (sulfide) groups is 1. The second-order valence-corrected chi connectivity index (χ2v) is 8.96. The summed E-state index contributed by atoms with van der Waals surface area (Å²) in [4.78, 5) is 13.4. The summed E-state index contributed by atoms with van der Waals surface area (Å²) in [5.41, 5.74) is 2.27. The van der Waals surface area contributed by atoms with Crippen molar-refractivity contribution in [3.63, 3.8) is 0 Å². The molecule has 0 radical (unpaired) electrons. The number of benzene rings is 2. The molecular formula is C23H18N4O2S2. The first-order valence-electron chi connectivity index (χ1n) is 9.64. The van der Waals surface area contributed by atoms with Crippen LogP contribution in [0.5, 0.6) is 5.75 Å². The smallest absolute Gasteiger partial charge is 0.186 e. The summed E-state index contributed by atoms with van der Waals surface area (Å²) in [6.45, 7) is 2.29. The summed E-state index contributed by atoms with van der Waals surface area (Å²) < 4.78 is 5.79. The third-order valence-corrected chi connectivity index (χ3v) is 6.86. The molecule has 1 aromatic heterocycles. The molecule has 1 saturated heterocycles. The average molecular weight is 447 g/mol. The molecule has 1 aliphatic rings. The fourth-order valence-corrected chi connectivity index (χ4v) is 5.02. The van der Waals surface area contributed by atoms with Gasteiger partial charge in [-0.15, -0.1) is 21.5 Å². The van der Waals surface area contributed by atoms with Crippen LogP contribution < -0.4 is 4.74 Å². The van der Waals surface area contributed by atoms with Crippen molar-refractivity contribution in [3.05, 3.63) is 80.1 Å². The van der Waals surface area contributed by atoms with E-state index < -0.39 is 5.92 Å². The van der Waals surface area contributed by atoms with E-state index in [2.05, 4.69) is 16.3 Å². The first kappa shape index (κ1) is 21.0. The zero-order chi connectivity index (χ0) is 21.8. The highest BCUT2D eigenvalue weighted by molar-refractivity contribution is 8.19. The molecule has 0 spiro atoms. The maximum absolute atomic E-state index is 12.9. The molecular weight excluding hydrogens is 428 g/mol. The molecule has 1 N–H and O–H groups in total. The van der Waals surface area contributed by atoms with Crippen LogP contribution in [0.1, 0.15) is 39.5 Å². The normalized spacial score (nSPS) is 17.2. The Labute approximate surface area is 188 Å². The van der Waals surface area contributed by atoms with Crippen LogP contribution in [0.4, 0.5) is 0 Å². The lowest BCUT2D eigenvalue weighted by molar-refractivity contribution is -0.114. The third-order valence-electron chi connectivity index (χ3n) is 4.73. The first-order chi connectivity index (χ1) is 15.1. The van der Waals surface area contributed by atoms with E-state index in [1.54, 1.807) is 12.1 Å². The van der Waals surface area contributed by atoms with E-state index in [0.717, 1.165) is 22.6 Å². The lowest BCUT2D eigenvalue weighted by atomic mass is 10.1. The van der Waals surface area contributed by atoms with Crippen molar-refractivity contribution in [3.8, 4) is 11.8 Å². The number of rotatable bonds is 6. The molecule has 0 bridgehead atoms. The van der Waals surface area contributed by atoms with Crippen molar-refractivity contribution < 1.29 is 9.53 Å². The number of nitrogens with zero attached hydrogens (tertiary/aromatic N) is 3. The first-order valence-corrected chi connectivity index (χ1v) is 11.3. The number of nitriles is 1. The minimum absolute atomic E-state index is 0.109. The number of Topliss-reactive ketones (excluding diaryl/α,β-unsaturated/α-hetero) is 1. The number of carbonyl (C=O) groups excluding carboxylic acids is 1. The molecule has 2 aromatic carbocycles. The van der Waals surface area contributed by atoms with Crippen molar-refractivity contribution in [1.29, 1.82) is 10.7 Å². The van der Waals surface area contributed by atoms with Gasteiger partial charge >= 0.3 is 0 Å². The molecule has 2 heterocycles.